The minimum Gasteiger partial charge on any atom is -0.310 e. The molecule has 0 spiro atoms. The second-order valence-corrected chi connectivity index (χ2v) is 4.16. The van der Waals surface area contributed by atoms with Crippen LogP contribution in [0.1, 0.15) is 6.92 Å². The Balaban J connectivity index is 3.97. The molecule has 0 fully saturated rings. The van der Waals surface area contributed by atoms with Crippen molar-refractivity contribution in [1.29, 1.82) is 0 Å². The number of carbonyl (C=O) groups excluding carboxylic acids is 1. The quantitative estimate of drug-likeness (QED) is 0.287. The zero-order valence-electron chi connectivity index (χ0n) is 6.98. The van der Waals surface area contributed by atoms with Gasteiger partial charge in [-0.15, -0.1) is 0 Å². The summed E-state index contributed by atoms with van der Waals surface area (Å²) in [6.07, 6.45) is 1.03. The molecule has 0 N–H and O–H groups in total. The Morgan fingerprint density at radius 2 is 2.25 bits per heavy atom. The molecule has 12 heavy (non-hydrogen) atoms. The standard InChI is InChI=1S/C6H11O5P/c1-4-6(7)10-11-12(8,5-2)9-3/h4H,1,5H2,2-3H3. The van der Waals surface area contributed by atoms with Crippen LogP contribution >= 0.6 is 7.60 Å². The summed E-state index contributed by atoms with van der Waals surface area (Å²) >= 11 is 0. The summed E-state index contributed by atoms with van der Waals surface area (Å²) in [5, 5.41) is 0. The van der Waals surface area contributed by atoms with E-state index in [0.29, 0.717) is 0 Å². The number of hydrogen-bond donors (Lipinski definition) is 0. The van der Waals surface area contributed by atoms with Crippen LogP contribution in [0, 0.1) is 0 Å². The summed E-state index contributed by atoms with van der Waals surface area (Å²) in [7, 11) is -2.02. The highest BCUT2D eigenvalue weighted by Gasteiger charge is 2.22. The van der Waals surface area contributed by atoms with E-state index in [1.165, 1.54) is 7.11 Å². The van der Waals surface area contributed by atoms with E-state index >= 15 is 0 Å². The number of rotatable bonds is 5. The largest absolute Gasteiger partial charge is 0.368 e. The van der Waals surface area contributed by atoms with Gasteiger partial charge in [-0.25, -0.2) is 4.79 Å². The molecule has 1 atom stereocenters. The fourth-order valence-electron chi connectivity index (χ4n) is 0.340. The van der Waals surface area contributed by atoms with Crippen LogP contribution < -0.4 is 0 Å². The van der Waals surface area contributed by atoms with E-state index in [-0.39, 0.29) is 6.16 Å². The summed E-state index contributed by atoms with van der Waals surface area (Å²) in [4.78, 5) is 14.5. The maximum atomic E-state index is 11.2. The molecule has 0 aromatic heterocycles. The van der Waals surface area contributed by atoms with Crippen LogP contribution in [0.5, 0.6) is 0 Å². The van der Waals surface area contributed by atoms with Crippen LogP contribution in [0.3, 0.4) is 0 Å². The topological polar surface area (TPSA) is 61.8 Å². The van der Waals surface area contributed by atoms with Gasteiger partial charge in [0.25, 0.3) is 0 Å². The van der Waals surface area contributed by atoms with Crippen molar-refractivity contribution in [3.8, 4) is 0 Å². The van der Waals surface area contributed by atoms with E-state index in [9.17, 15) is 9.36 Å². The van der Waals surface area contributed by atoms with Gasteiger partial charge in [-0.3, -0.25) is 9.45 Å². The first kappa shape index (κ1) is 11.4. The monoisotopic (exact) mass is 194 g/mol. The van der Waals surface area contributed by atoms with Gasteiger partial charge in [0.2, 0.25) is 0 Å². The molecule has 0 amide bonds. The van der Waals surface area contributed by atoms with Crippen molar-refractivity contribution in [2.45, 2.75) is 6.92 Å². The Labute approximate surface area is 70.8 Å². The van der Waals surface area contributed by atoms with Gasteiger partial charge >= 0.3 is 13.6 Å². The van der Waals surface area contributed by atoms with Gasteiger partial charge in [-0.2, -0.15) is 0 Å². The minimum atomic E-state index is -3.24. The first-order chi connectivity index (χ1) is 5.58. The van der Waals surface area contributed by atoms with Crippen LogP contribution in [0.4, 0.5) is 0 Å². The van der Waals surface area contributed by atoms with Gasteiger partial charge in [0.15, 0.2) is 0 Å². The third kappa shape index (κ3) is 3.67. The Morgan fingerprint density at radius 1 is 1.67 bits per heavy atom. The van der Waals surface area contributed by atoms with Gasteiger partial charge < -0.3 is 4.52 Å². The molecular formula is C6H11O5P. The fourth-order valence-corrected chi connectivity index (χ4v) is 0.951. The highest BCUT2D eigenvalue weighted by Crippen LogP contribution is 2.46. The second kappa shape index (κ2) is 5.09. The van der Waals surface area contributed by atoms with Crippen molar-refractivity contribution in [3.05, 3.63) is 12.7 Å². The van der Waals surface area contributed by atoms with Crippen LogP contribution in [-0.2, 0) is 23.4 Å². The normalized spacial score (nSPS) is 14.8. The zero-order valence-corrected chi connectivity index (χ0v) is 7.87. The molecule has 0 aliphatic carbocycles. The Hall–Kier alpha value is -0.640. The number of carbonyl (C=O) groups is 1. The third-order valence-electron chi connectivity index (χ3n) is 1.07. The van der Waals surface area contributed by atoms with E-state index in [0.717, 1.165) is 6.08 Å². The molecule has 70 valence electrons. The summed E-state index contributed by atoms with van der Waals surface area (Å²) in [5.74, 6) is -0.805. The van der Waals surface area contributed by atoms with E-state index < -0.39 is 13.6 Å². The van der Waals surface area contributed by atoms with Crippen molar-refractivity contribution in [3.63, 3.8) is 0 Å². The molecule has 5 nitrogen and oxygen atoms in total. The fraction of sp³-hybridized carbons (Fsp3) is 0.500. The molecular weight excluding hydrogens is 183 g/mol. The Kier molecular flexibility index (Phi) is 4.81. The molecule has 1 unspecified atom stereocenters. The highest BCUT2D eigenvalue weighted by atomic mass is 31.2. The van der Waals surface area contributed by atoms with E-state index in [1.54, 1.807) is 6.92 Å². The lowest BCUT2D eigenvalue weighted by molar-refractivity contribution is -0.211. The molecule has 0 heterocycles. The van der Waals surface area contributed by atoms with Crippen molar-refractivity contribution >= 4 is 13.6 Å². The lowest BCUT2D eigenvalue weighted by Gasteiger charge is -2.10. The first-order valence-corrected chi connectivity index (χ1v) is 4.98. The summed E-state index contributed by atoms with van der Waals surface area (Å²) < 4.78 is 20.0. The van der Waals surface area contributed by atoms with E-state index in [4.69, 9.17) is 0 Å². The Morgan fingerprint density at radius 3 is 2.58 bits per heavy atom. The molecule has 0 saturated carbocycles. The first-order valence-electron chi connectivity index (χ1n) is 3.25. The number of hydrogen-bond acceptors (Lipinski definition) is 5. The molecule has 0 radical (unpaired) electrons. The van der Waals surface area contributed by atoms with Gasteiger partial charge in [0, 0.05) is 13.2 Å². The molecule has 0 rings (SSSR count). The van der Waals surface area contributed by atoms with E-state index in [1.807, 2.05) is 0 Å². The van der Waals surface area contributed by atoms with Gasteiger partial charge in [-0.05, 0) is 0 Å². The van der Waals surface area contributed by atoms with E-state index in [2.05, 4.69) is 20.7 Å². The molecule has 0 bridgehead atoms. The van der Waals surface area contributed by atoms with Crippen molar-refractivity contribution in [1.82, 2.24) is 0 Å². The zero-order chi connectivity index (χ0) is 9.61. The third-order valence-corrected chi connectivity index (χ3v) is 2.70. The predicted molar refractivity (Wildman–Crippen MR) is 42.5 cm³/mol. The average Bonchev–Trinajstić information content (AvgIpc) is 2.13. The molecule has 0 aromatic rings. The average molecular weight is 194 g/mol. The van der Waals surface area contributed by atoms with Gasteiger partial charge in [0.05, 0.1) is 6.16 Å². The SMILES string of the molecule is C=CC(=O)OOP(=O)(CC)OC. The molecule has 0 aliphatic heterocycles. The van der Waals surface area contributed by atoms with Crippen LogP contribution in [0.25, 0.3) is 0 Å². The smallest absolute Gasteiger partial charge is 0.310 e. The molecule has 6 heteroatoms. The lowest BCUT2D eigenvalue weighted by Crippen LogP contribution is -2.02. The van der Waals surface area contributed by atoms with Crippen molar-refractivity contribution in [2.75, 3.05) is 13.3 Å². The molecule has 0 aromatic carbocycles. The molecule has 0 saturated heterocycles. The predicted octanol–water partition coefficient (Wildman–Crippen LogP) is 1.51. The Bertz CT molecular complexity index is 204. The van der Waals surface area contributed by atoms with Crippen LogP contribution in [0.2, 0.25) is 0 Å². The van der Waals surface area contributed by atoms with Crippen LogP contribution in [0.15, 0.2) is 12.7 Å². The highest BCUT2D eigenvalue weighted by molar-refractivity contribution is 7.53. The molecule has 0 aliphatic rings. The summed E-state index contributed by atoms with van der Waals surface area (Å²) in [5.41, 5.74) is 0. The van der Waals surface area contributed by atoms with Crippen LogP contribution in [-0.4, -0.2) is 19.2 Å². The second-order valence-electron chi connectivity index (χ2n) is 1.79. The van der Waals surface area contributed by atoms with Crippen molar-refractivity contribution in [2.24, 2.45) is 0 Å². The summed E-state index contributed by atoms with van der Waals surface area (Å²) in [6, 6.07) is 0. The lowest BCUT2D eigenvalue weighted by atomic mass is 10.7. The summed E-state index contributed by atoms with van der Waals surface area (Å²) in [6.45, 7) is 4.72. The minimum absolute atomic E-state index is 0.133. The maximum Gasteiger partial charge on any atom is 0.368 e. The van der Waals surface area contributed by atoms with Crippen molar-refractivity contribution < 1.29 is 23.4 Å². The van der Waals surface area contributed by atoms with Gasteiger partial charge in [-0.1, -0.05) is 18.2 Å². The maximum absolute atomic E-state index is 11.2. The van der Waals surface area contributed by atoms with Gasteiger partial charge in [0.1, 0.15) is 0 Å².